The van der Waals surface area contributed by atoms with Crippen molar-refractivity contribution >= 4 is 16.9 Å². The predicted octanol–water partition coefficient (Wildman–Crippen LogP) is 3.95. The number of amides is 1. The van der Waals surface area contributed by atoms with Crippen LogP contribution in [0, 0.1) is 12.8 Å². The van der Waals surface area contributed by atoms with E-state index in [0.717, 1.165) is 53.9 Å². The lowest BCUT2D eigenvalue weighted by Gasteiger charge is -2.38. The molecule has 1 saturated heterocycles. The smallest absolute Gasteiger partial charge is 0.256 e. The van der Waals surface area contributed by atoms with Gasteiger partial charge in [-0.05, 0) is 56.9 Å². The van der Waals surface area contributed by atoms with Crippen LogP contribution in [0.5, 0.6) is 0 Å². The van der Waals surface area contributed by atoms with Crippen LogP contribution in [-0.2, 0) is 13.5 Å². The molecule has 3 heterocycles. The number of aromatic nitrogens is 5. The van der Waals surface area contributed by atoms with Crippen molar-refractivity contribution in [1.29, 1.82) is 0 Å². The zero-order chi connectivity index (χ0) is 22.2. The van der Waals surface area contributed by atoms with E-state index >= 15 is 0 Å². The third kappa shape index (κ3) is 3.68. The first kappa shape index (κ1) is 20.4. The number of piperidine rings is 1. The molecular weight excluding hydrogens is 400 g/mol. The van der Waals surface area contributed by atoms with Crippen LogP contribution < -0.4 is 0 Å². The topological polar surface area (TPSA) is 68.8 Å². The van der Waals surface area contributed by atoms with Gasteiger partial charge in [-0.15, -0.1) is 0 Å². The quantitative estimate of drug-likeness (QED) is 0.494. The highest BCUT2D eigenvalue weighted by molar-refractivity contribution is 5.98. The van der Waals surface area contributed by atoms with E-state index in [-0.39, 0.29) is 11.9 Å². The molecule has 7 nitrogen and oxygen atoms in total. The number of aryl methyl sites for hydroxylation is 2. The first-order valence-electron chi connectivity index (χ1n) is 11.2. The molecule has 0 bridgehead atoms. The monoisotopic (exact) mass is 428 g/mol. The molecule has 2 unspecified atom stereocenters. The van der Waals surface area contributed by atoms with Gasteiger partial charge in [0.15, 0.2) is 0 Å². The van der Waals surface area contributed by atoms with Crippen LogP contribution in [0.3, 0.4) is 0 Å². The van der Waals surface area contributed by atoms with Gasteiger partial charge in [-0.1, -0.05) is 23.8 Å². The van der Waals surface area contributed by atoms with E-state index < -0.39 is 0 Å². The van der Waals surface area contributed by atoms with Crippen molar-refractivity contribution in [3.63, 3.8) is 0 Å². The van der Waals surface area contributed by atoms with E-state index in [9.17, 15) is 4.79 Å². The van der Waals surface area contributed by atoms with Crippen LogP contribution in [0.2, 0.25) is 0 Å². The number of benzene rings is 2. The molecule has 4 aromatic rings. The SMILES string of the molecule is Cc1ccc(-n2nccn2)c(C(=O)N2CC(Cc3nc4ccccc4n3C)CCC2C)c1. The molecule has 0 N–H and O–H groups in total. The fourth-order valence-electron chi connectivity index (χ4n) is 4.76. The zero-order valence-corrected chi connectivity index (χ0v) is 18.8. The molecule has 32 heavy (non-hydrogen) atoms. The number of carbonyl (C=O) groups is 1. The van der Waals surface area contributed by atoms with Gasteiger partial charge in [0, 0.05) is 26.1 Å². The van der Waals surface area contributed by atoms with E-state index in [2.05, 4.69) is 40.9 Å². The van der Waals surface area contributed by atoms with Crippen molar-refractivity contribution in [2.75, 3.05) is 6.54 Å². The highest BCUT2D eigenvalue weighted by atomic mass is 16.2. The van der Waals surface area contributed by atoms with Gasteiger partial charge in [-0.25, -0.2) is 4.98 Å². The minimum atomic E-state index is 0.0446. The lowest BCUT2D eigenvalue weighted by Crippen LogP contribution is -2.46. The number of likely N-dealkylation sites (tertiary alicyclic amines) is 1. The number of carbonyl (C=O) groups excluding carboxylic acids is 1. The first-order valence-corrected chi connectivity index (χ1v) is 11.2. The number of fused-ring (bicyclic) bond motifs is 1. The fourth-order valence-corrected chi connectivity index (χ4v) is 4.76. The average molecular weight is 429 g/mol. The molecular formula is C25H28N6O. The number of imidazole rings is 1. The summed E-state index contributed by atoms with van der Waals surface area (Å²) in [6, 6.07) is 14.3. The third-order valence-electron chi connectivity index (χ3n) is 6.61. The van der Waals surface area contributed by atoms with Crippen molar-refractivity contribution in [3.05, 3.63) is 71.8 Å². The highest BCUT2D eigenvalue weighted by Gasteiger charge is 2.32. The molecule has 1 fully saturated rings. The third-order valence-corrected chi connectivity index (χ3v) is 6.61. The van der Waals surface area contributed by atoms with Crippen molar-refractivity contribution < 1.29 is 4.79 Å². The minimum absolute atomic E-state index is 0.0446. The Hall–Kier alpha value is -3.48. The van der Waals surface area contributed by atoms with Crippen LogP contribution >= 0.6 is 0 Å². The highest BCUT2D eigenvalue weighted by Crippen LogP contribution is 2.28. The van der Waals surface area contributed by atoms with Gasteiger partial charge < -0.3 is 9.47 Å². The van der Waals surface area contributed by atoms with Gasteiger partial charge >= 0.3 is 0 Å². The minimum Gasteiger partial charge on any atom is -0.336 e. The van der Waals surface area contributed by atoms with Crippen LogP contribution in [0.1, 0.15) is 41.5 Å². The Morgan fingerprint density at radius 3 is 2.66 bits per heavy atom. The normalized spacial score (nSPS) is 18.9. The van der Waals surface area contributed by atoms with Crippen molar-refractivity contribution in [2.24, 2.45) is 13.0 Å². The summed E-state index contributed by atoms with van der Waals surface area (Å²) in [6.45, 7) is 4.87. The van der Waals surface area contributed by atoms with Gasteiger partial charge in [-0.2, -0.15) is 15.0 Å². The van der Waals surface area contributed by atoms with Gasteiger partial charge in [0.05, 0.1) is 34.7 Å². The molecule has 0 saturated carbocycles. The molecule has 7 heteroatoms. The molecule has 2 atom stereocenters. The van der Waals surface area contributed by atoms with Gasteiger partial charge in [0.1, 0.15) is 5.82 Å². The molecule has 1 aliphatic rings. The van der Waals surface area contributed by atoms with Crippen molar-refractivity contribution in [2.45, 2.75) is 39.2 Å². The van der Waals surface area contributed by atoms with E-state index in [0.29, 0.717) is 11.5 Å². The van der Waals surface area contributed by atoms with Crippen molar-refractivity contribution in [1.82, 2.24) is 29.4 Å². The van der Waals surface area contributed by atoms with E-state index in [1.807, 2.05) is 42.2 Å². The maximum atomic E-state index is 13.7. The second-order valence-corrected chi connectivity index (χ2v) is 8.87. The van der Waals surface area contributed by atoms with E-state index in [4.69, 9.17) is 4.98 Å². The molecule has 2 aromatic heterocycles. The van der Waals surface area contributed by atoms with Crippen LogP contribution in [0.25, 0.3) is 16.7 Å². The lowest BCUT2D eigenvalue weighted by molar-refractivity contribution is 0.0557. The number of hydrogen-bond acceptors (Lipinski definition) is 4. The number of para-hydroxylation sites is 2. The van der Waals surface area contributed by atoms with Gasteiger partial charge in [0.25, 0.3) is 5.91 Å². The molecule has 164 valence electrons. The predicted molar refractivity (Wildman–Crippen MR) is 124 cm³/mol. The standard InChI is InChI=1S/C25H28N6O/c1-17-8-11-22(31-26-12-13-27-31)20(14-17)25(32)30-16-19(10-9-18(30)2)15-24-28-21-6-4-5-7-23(21)29(24)3/h4-8,11-14,18-19H,9-10,15-16H2,1-3H3. The maximum Gasteiger partial charge on any atom is 0.256 e. The Morgan fingerprint density at radius 2 is 1.88 bits per heavy atom. The summed E-state index contributed by atoms with van der Waals surface area (Å²) in [5.41, 5.74) is 4.59. The summed E-state index contributed by atoms with van der Waals surface area (Å²) >= 11 is 0. The Labute approximate surface area is 187 Å². The number of rotatable bonds is 4. The second kappa shape index (κ2) is 8.22. The lowest BCUT2D eigenvalue weighted by atomic mass is 9.90. The molecule has 1 aliphatic heterocycles. The molecule has 0 aliphatic carbocycles. The number of nitrogens with zero attached hydrogens (tertiary/aromatic N) is 6. The Kier molecular flexibility index (Phi) is 5.25. The summed E-state index contributed by atoms with van der Waals surface area (Å²) in [5.74, 6) is 1.50. The van der Waals surface area contributed by atoms with Crippen LogP contribution in [-0.4, -0.2) is 47.9 Å². The summed E-state index contributed by atoms with van der Waals surface area (Å²) in [7, 11) is 2.08. The first-order chi connectivity index (χ1) is 15.5. The summed E-state index contributed by atoms with van der Waals surface area (Å²) in [6.07, 6.45) is 6.20. The fraction of sp³-hybridized carbons (Fsp3) is 0.360. The summed E-state index contributed by atoms with van der Waals surface area (Å²) < 4.78 is 2.18. The molecule has 0 spiro atoms. The zero-order valence-electron chi connectivity index (χ0n) is 18.8. The Balaban J connectivity index is 1.41. The Bertz CT molecular complexity index is 1260. The van der Waals surface area contributed by atoms with E-state index in [1.54, 1.807) is 12.4 Å². The average Bonchev–Trinajstić information content (AvgIpc) is 3.44. The van der Waals surface area contributed by atoms with Gasteiger partial charge in [0.2, 0.25) is 0 Å². The molecule has 2 aromatic carbocycles. The Morgan fingerprint density at radius 1 is 1.09 bits per heavy atom. The second-order valence-electron chi connectivity index (χ2n) is 8.87. The largest absolute Gasteiger partial charge is 0.336 e. The summed E-state index contributed by atoms with van der Waals surface area (Å²) in [5, 5.41) is 8.50. The molecule has 5 rings (SSSR count). The van der Waals surface area contributed by atoms with Crippen LogP contribution in [0.15, 0.2) is 54.9 Å². The van der Waals surface area contributed by atoms with E-state index in [1.165, 1.54) is 4.80 Å². The molecule has 1 amide bonds. The molecule has 0 radical (unpaired) electrons. The maximum absolute atomic E-state index is 13.7. The van der Waals surface area contributed by atoms with Crippen molar-refractivity contribution in [3.8, 4) is 5.69 Å². The summed E-state index contributed by atoms with van der Waals surface area (Å²) in [4.78, 5) is 22.1. The van der Waals surface area contributed by atoms with Gasteiger partial charge in [-0.3, -0.25) is 4.79 Å². The number of hydrogen-bond donors (Lipinski definition) is 0. The van der Waals surface area contributed by atoms with Crippen LogP contribution in [0.4, 0.5) is 0 Å².